The van der Waals surface area contributed by atoms with Crippen LogP contribution in [0, 0.1) is 5.92 Å². The fourth-order valence-corrected chi connectivity index (χ4v) is 2.76. The van der Waals surface area contributed by atoms with Crippen LogP contribution >= 0.6 is 27.5 Å². The topological polar surface area (TPSA) is 22.1 Å². The second-order valence-electron chi connectivity index (χ2n) is 4.36. The average molecular weight is 305 g/mol. The van der Waals surface area contributed by atoms with E-state index in [4.69, 9.17) is 16.3 Å². The first kappa shape index (κ1) is 12.2. The number of halogens is 2. The van der Waals surface area contributed by atoms with Gasteiger partial charge in [-0.25, -0.2) is 4.98 Å². The molecule has 2 nitrogen and oxygen atoms in total. The lowest BCUT2D eigenvalue weighted by atomic mass is 9.88. The molecule has 0 spiro atoms. The Morgan fingerprint density at radius 3 is 2.88 bits per heavy atom. The Bertz CT molecular complexity index is 372. The zero-order chi connectivity index (χ0) is 11.5. The summed E-state index contributed by atoms with van der Waals surface area (Å²) in [5, 5.41) is 0.576. The van der Waals surface area contributed by atoms with Crippen LogP contribution in [0.5, 0.6) is 5.88 Å². The first-order valence-electron chi connectivity index (χ1n) is 5.64. The van der Waals surface area contributed by atoms with Gasteiger partial charge in [0.05, 0.1) is 0 Å². The van der Waals surface area contributed by atoms with Crippen molar-refractivity contribution >= 4 is 27.5 Å². The smallest absolute Gasteiger partial charge is 0.232 e. The van der Waals surface area contributed by atoms with E-state index >= 15 is 0 Å². The second kappa shape index (κ2) is 5.37. The molecule has 16 heavy (non-hydrogen) atoms. The van der Waals surface area contributed by atoms with Crippen LogP contribution in [-0.2, 0) is 0 Å². The third-order valence-corrected chi connectivity index (χ3v) is 3.77. The summed E-state index contributed by atoms with van der Waals surface area (Å²) in [4.78, 5) is 4.21. The summed E-state index contributed by atoms with van der Waals surface area (Å²) in [7, 11) is 0. The molecule has 0 radical (unpaired) electrons. The minimum absolute atomic E-state index is 0.264. The van der Waals surface area contributed by atoms with Gasteiger partial charge in [0.25, 0.3) is 0 Å². The Morgan fingerprint density at radius 2 is 2.19 bits per heavy atom. The third-order valence-electron chi connectivity index (χ3n) is 3.07. The van der Waals surface area contributed by atoms with E-state index in [0.717, 1.165) is 10.9 Å². The first-order chi connectivity index (χ1) is 7.66. The highest BCUT2D eigenvalue weighted by molar-refractivity contribution is 9.10. The largest absolute Gasteiger partial charge is 0.473 e. The molecular weight excluding hydrogens is 289 g/mol. The van der Waals surface area contributed by atoms with Crippen molar-refractivity contribution in [3.8, 4) is 5.88 Å². The predicted molar refractivity (Wildman–Crippen MR) is 69.0 cm³/mol. The molecule has 1 fully saturated rings. The monoisotopic (exact) mass is 303 g/mol. The summed E-state index contributed by atoms with van der Waals surface area (Å²) >= 11 is 9.41. The third kappa shape index (κ3) is 2.89. The van der Waals surface area contributed by atoms with Gasteiger partial charge in [0.15, 0.2) is 0 Å². The molecule has 88 valence electrons. The molecule has 2 unspecified atom stereocenters. The maximum absolute atomic E-state index is 6.08. The van der Waals surface area contributed by atoms with E-state index in [1.165, 1.54) is 19.3 Å². The second-order valence-corrected chi connectivity index (χ2v) is 5.68. The van der Waals surface area contributed by atoms with Crippen LogP contribution in [0.25, 0.3) is 0 Å². The SMILES string of the molecule is CC1CCCCC1Oc1ncc(Br)cc1Cl. The zero-order valence-electron chi connectivity index (χ0n) is 9.25. The Kier molecular flexibility index (Phi) is 4.09. The van der Waals surface area contributed by atoms with Gasteiger partial charge in [-0.15, -0.1) is 0 Å². The van der Waals surface area contributed by atoms with Crippen LogP contribution in [0.15, 0.2) is 16.7 Å². The lowest BCUT2D eigenvalue weighted by Crippen LogP contribution is -2.28. The van der Waals surface area contributed by atoms with E-state index in [1.807, 2.05) is 6.07 Å². The molecule has 1 aliphatic rings. The minimum atomic E-state index is 0.264. The van der Waals surface area contributed by atoms with Gasteiger partial charge in [-0.3, -0.25) is 0 Å². The molecular formula is C12H15BrClNO. The van der Waals surface area contributed by atoms with Crippen LogP contribution in [0.2, 0.25) is 5.02 Å². The maximum atomic E-state index is 6.08. The highest BCUT2D eigenvalue weighted by atomic mass is 79.9. The molecule has 0 amide bonds. The summed E-state index contributed by atoms with van der Waals surface area (Å²) in [5.41, 5.74) is 0. The van der Waals surface area contributed by atoms with E-state index in [9.17, 15) is 0 Å². The van der Waals surface area contributed by atoms with Crippen molar-refractivity contribution in [3.05, 3.63) is 21.8 Å². The average Bonchev–Trinajstić information content (AvgIpc) is 2.25. The number of aromatic nitrogens is 1. The summed E-state index contributed by atoms with van der Waals surface area (Å²) in [6.07, 6.45) is 6.87. The van der Waals surface area contributed by atoms with Crippen LogP contribution in [0.1, 0.15) is 32.6 Å². The molecule has 2 atom stereocenters. The van der Waals surface area contributed by atoms with Gasteiger partial charge in [0, 0.05) is 10.7 Å². The summed E-state index contributed by atoms with van der Waals surface area (Å²) in [5.74, 6) is 1.15. The molecule has 2 rings (SSSR count). The lowest BCUT2D eigenvalue weighted by Gasteiger charge is -2.29. The van der Waals surface area contributed by atoms with Crippen molar-refractivity contribution in [2.75, 3.05) is 0 Å². The highest BCUT2D eigenvalue weighted by Gasteiger charge is 2.24. The number of rotatable bonds is 2. The van der Waals surface area contributed by atoms with Crippen molar-refractivity contribution in [2.45, 2.75) is 38.7 Å². The summed E-state index contributed by atoms with van der Waals surface area (Å²) in [6.45, 7) is 2.23. The fraction of sp³-hybridized carbons (Fsp3) is 0.583. The fourth-order valence-electron chi connectivity index (χ4n) is 2.09. The molecule has 1 heterocycles. The number of hydrogen-bond acceptors (Lipinski definition) is 2. The van der Waals surface area contributed by atoms with Crippen molar-refractivity contribution in [1.29, 1.82) is 0 Å². The van der Waals surface area contributed by atoms with E-state index < -0.39 is 0 Å². The Morgan fingerprint density at radius 1 is 1.44 bits per heavy atom. The van der Waals surface area contributed by atoms with Gasteiger partial charge in [-0.2, -0.15) is 0 Å². The van der Waals surface area contributed by atoms with Gasteiger partial charge in [0.2, 0.25) is 5.88 Å². The number of pyridine rings is 1. The van der Waals surface area contributed by atoms with Crippen LogP contribution in [0.4, 0.5) is 0 Å². The molecule has 1 aromatic rings. The van der Waals surface area contributed by atoms with E-state index in [0.29, 0.717) is 16.8 Å². The maximum Gasteiger partial charge on any atom is 0.232 e. The molecule has 0 bridgehead atoms. The van der Waals surface area contributed by atoms with Gasteiger partial charge in [0.1, 0.15) is 11.1 Å². The number of nitrogens with zero attached hydrogens (tertiary/aromatic N) is 1. The van der Waals surface area contributed by atoms with E-state index in [2.05, 4.69) is 27.8 Å². The van der Waals surface area contributed by atoms with Crippen molar-refractivity contribution < 1.29 is 4.74 Å². The summed E-state index contributed by atoms with van der Waals surface area (Å²) < 4.78 is 6.77. The van der Waals surface area contributed by atoms with Crippen molar-refractivity contribution in [3.63, 3.8) is 0 Å². The number of ether oxygens (including phenoxy) is 1. The van der Waals surface area contributed by atoms with Crippen LogP contribution < -0.4 is 4.74 Å². The zero-order valence-corrected chi connectivity index (χ0v) is 11.6. The quantitative estimate of drug-likeness (QED) is 0.805. The lowest BCUT2D eigenvalue weighted by molar-refractivity contribution is 0.0977. The van der Waals surface area contributed by atoms with E-state index in [-0.39, 0.29) is 6.10 Å². The highest BCUT2D eigenvalue weighted by Crippen LogP contribution is 2.31. The molecule has 1 aliphatic carbocycles. The van der Waals surface area contributed by atoms with E-state index in [1.54, 1.807) is 6.20 Å². The van der Waals surface area contributed by atoms with Gasteiger partial charge >= 0.3 is 0 Å². The Labute approximate surface area is 109 Å². The van der Waals surface area contributed by atoms with Gasteiger partial charge in [-0.05, 0) is 47.2 Å². The summed E-state index contributed by atoms with van der Waals surface area (Å²) in [6, 6.07) is 1.82. The van der Waals surface area contributed by atoms with Crippen molar-refractivity contribution in [2.24, 2.45) is 5.92 Å². The molecule has 1 saturated carbocycles. The van der Waals surface area contributed by atoms with Gasteiger partial charge in [-0.1, -0.05) is 24.9 Å². The molecule has 0 N–H and O–H groups in total. The standard InChI is InChI=1S/C12H15BrClNO/c1-8-4-2-3-5-11(8)16-12-10(14)6-9(13)7-15-12/h6-8,11H,2-5H2,1H3. The van der Waals surface area contributed by atoms with Gasteiger partial charge < -0.3 is 4.74 Å². The van der Waals surface area contributed by atoms with Crippen LogP contribution in [0.3, 0.4) is 0 Å². The first-order valence-corrected chi connectivity index (χ1v) is 6.81. The molecule has 0 aliphatic heterocycles. The van der Waals surface area contributed by atoms with Crippen LogP contribution in [-0.4, -0.2) is 11.1 Å². The molecule has 4 heteroatoms. The normalized spacial score (nSPS) is 25.4. The predicted octanol–water partition coefficient (Wildman–Crippen LogP) is 4.46. The Balaban J connectivity index is 2.07. The molecule has 1 aromatic heterocycles. The molecule has 0 aromatic carbocycles. The number of hydrogen-bond donors (Lipinski definition) is 0. The minimum Gasteiger partial charge on any atom is -0.473 e. The molecule has 0 saturated heterocycles. The van der Waals surface area contributed by atoms with Crippen molar-refractivity contribution in [1.82, 2.24) is 4.98 Å². The Hall–Kier alpha value is -0.280.